The molecule has 1 unspecified atom stereocenters. The highest BCUT2D eigenvalue weighted by Gasteiger charge is 2.29. The summed E-state index contributed by atoms with van der Waals surface area (Å²) in [6.07, 6.45) is 0.659. The molecule has 108 valence electrons. The number of carbonyl (C=O) groups excluding carboxylic acids is 1. The third kappa shape index (κ3) is 2.44. The molecule has 2 aromatic carbocycles. The largest absolute Gasteiger partial charge is 0.493 e. The number of rotatable bonds is 2. The highest BCUT2D eigenvalue weighted by Crippen LogP contribution is 2.36. The van der Waals surface area contributed by atoms with Crippen LogP contribution in [0.5, 0.6) is 5.75 Å². The van der Waals surface area contributed by atoms with Gasteiger partial charge < -0.3 is 4.74 Å². The molecule has 1 atom stereocenters. The fourth-order valence-corrected chi connectivity index (χ4v) is 3.09. The second-order valence-corrected chi connectivity index (χ2v) is 5.51. The van der Waals surface area contributed by atoms with Gasteiger partial charge >= 0.3 is 0 Å². The van der Waals surface area contributed by atoms with E-state index < -0.39 is 0 Å². The Morgan fingerprint density at radius 3 is 2.57 bits per heavy atom. The summed E-state index contributed by atoms with van der Waals surface area (Å²) in [4.78, 5) is 12.9. The van der Waals surface area contributed by atoms with E-state index in [1.54, 1.807) is 13.8 Å². The lowest BCUT2D eigenvalue weighted by Gasteiger charge is -2.26. The molecule has 0 radical (unpaired) electrons. The minimum atomic E-state index is -0.297. The molecule has 21 heavy (non-hydrogen) atoms. The molecule has 0 fully saturated rings. The molecule has 0 aliphatic carbocycles. The molecule has 0 aromatic heterocycles. The topological polar surface area (TPSA) is 26.3 Å². The van der Waals surface area contributed by atoms with Gasteiger partial charge in [-0.05, 0) is 49.6 Å². The lowest BCUT2D eigenvalue weighted by atomic mass is 9.83. The van der Waals surface area contributed by atoms with Crippen LogP contribution < -0.4 is 4.74 Å². The van der Waals surface area contributed by atoms with Crippen LogP contribution in [0.2, 0.25) is 0 Å². The molecule has 1 aliphatic rings. The van der Waals surface area contributed by atoms with Gasteiger partial charge in [-0.2, -0.15) is 0 Å². The summed E-state index contributed by atoms with van der Waals surface area (Å²) < 4.78 is 19.0. The van der Waals surface area contributed by atoms with E-state index in [1.165, 1.54) is 12.1 Å². The van der Waals surface area contributed by atoms with Gasteiger partial charge in [-0.3, -0.25) is 4.79 Å². The maximum Gasteiger partial charge on any atom is 0.171 e. The third-order valence-electron chi connectivity index (χ3n) is 4.02. The van der Waals surface area contributed by atoms with E-state index in [2.05, 4.69) is 0 Å². The van der Waals surface area contributed by atoms with Gasteiger partial charge in [0.25, 0.3) is 0 Å². The molecule has 2 aromatic rings. The minimum Gasteiger partial charge on any atom is -0.493 e. The van der Waals surface area contributed by atoms with Crippen LogP contribution in [0.4, 0.5) is 4.39 Å². The predicted molar refractivity (Wildman–Crippen MR) is 79.5 cm³/mol. The lowest BCUT2D eigenvalue weighted by Crippen LogP contribution is -2.22. The number of fused-ring (bicyclic) bond motifs is 1. The van der Waals surface area contributed by atoms with Crippen LogP contribution in [0, 0.1) is 19.7 Å². The molecule has 2 nitrogen and oxygen atoms in total. The Hall–Kier alpha value is -2.16. The van der Waals surface area contributed by atoms with Crippen LogP contribution in [0.1, 0.15) is 39.4 Å². The van der Waals surface area contributed by atoms with Crippen LogP contribution in [0.25, 0.3) is 0 Å². The first-order chi connectivity index (χ1) is 10.1. The van der Waals surface area contributed by atoms with Crippen molar-refractivity contribution < 1.29 is 13.9 Å². The van der Waals surface area contributed by atoms with Crippen LogP contribution in [-0.4, -0.2) is 12.4 Å². The summed E-state index contributed by atoms with van der Waals surface area (Å²) in [5.41, 5.74) is 2.96. The van der Waals surface area contributed by atoms with E-state index in [9.17, 15) is 9.18 Å². The van der Waals surface area contributed by atoms with E-state index in [-0.39, 0.29) is 17.5 Å². The molecule has 0 amide bonds. The second kappa shape index (κ2) is 5.32. The molecule has 0 spiro atoms. The van der Waals surface area contributed by atoms with E-state index in [0.717, 1.165) is 11.3 Å². The molecule has 0 N–H and O–H groups in total. The molecule has 3 heteroatoms. The van der Waals surface area contributed by atoms with Crippen molar-refractivity contribution in [2.24, 2.45) is 0 Å². The smallest absolute Gasteiger partial charge is 0.171 e. The zero-order chi connectivity index (χ0) is 15.0. The number of ketones is 1. The first-order valence-corrected chi connectivity index (χ1v) is 7.10. The quantitative estimate of drug-likeness (QED) is 0.773. The zero-order valence-corrected chi connectivity index (χ0v) is 12.2. The van der Waals surface area contributed by atoms with Gasteiger partial charge in [0.15, 0.2) is 5.78 Å². The number of aryl methyl sites for hydroxylation is 2. The fraction of sp³-hybridized carbons (Fsp3) is 0.278. The number of para-hydroxylation sites is 1. The van der Waals surface area contributed by atoms with Crippen LogP contribution in [-0.2, 0) is 0 Å². The van der Waals surface area contributed by atoms with Crippen LogP contribution >= 0.6 is 0 Å². The minimum absolute atomic E-state index is 0.0563. The number of benzene rings is 2. The SMILES string of the molecule is Cc1cc(F)cc(C)c1C(=O)C1CCOc2ccccc21. The fourth-order valence-electron chi connectivity index (χ4n) is 3.09. The summed E-state index contributed by atoms with van der Waals surface area (Å²) in [6, 6.07) is 10.5. The van der Waals surface area contributed by atoms with Gasteiger partial charge in [0.05, 0.1) is 12.5 Å². The Kier molecular flexibility index (Phi) is 3.50. The summed E-state index contributed by atoms with van der Waals surface area (Å²) in [6.45, 7) is 4.11. The predicted octanol–water partition coefficient (Wildman–Crippen LogP) is 4.19. The maximum atomic E-state index is 13.4. The summed E-state index contributed by atoms with van der Waals surface area (Å²) >= 11 is 0. The molecule has 0 bridgehead atoms. The normalized spacial score (nSPS) is 17.0. The monoisotopic (exact) mass is 284 g/mol. The Labute approximate surface area is 123 Å². The second-order valence-electron chi connectivity index (χ2n) is 5.51. The molecular weight excluding hydrogens is 267 g/mol. The molecule has 0 saturated heterocycles. The standard InChI is InChI=1S/C18H17FO2/c1-11-9-13(19)10-12(2)17(11)18(20)15-7-8-21-16-6-4-3-5-14(15)16/h3-6,9-10,15H,7-8H2,1-2H3. The number of halogens is 1. The Morgan fingerprint density at radius 2 is 1.86 bits per heavy atom. The first kappa shape index (κ1) is 13.8. The Balaban J connectivity index is 2.05. The van der Waals surface area contributed by atoms with Crippen molar-refractivity contribution >= 4 is 5.78 Å². The first-order valence-electron chi connectivity index (χ1n) is 7.10. The zero-order valence-electron chi connectivity index (χ0n) is 12.2. The van der Waals surface area contributed by atoms with E-state index in [1.807, 2.05) is 24.3 Å². The van der Waals surface area contributed by atoms with E-state index in [4.69, 9.17) is 4.74 Å². The highest BCUT2D eigenvalue weighted by molar-refractivity contribution is 6.03. The maximum absolute atomic E-state index is 13.4. The van der Waals surface area contributed by atoms with Crippen molar-refractivity contribution in [1.82, 2.24) is 0 Å². The average Bonchev–Trinajstić information content (AvgIpc) is 2.45. The summed E-state index contributed by atoms with van der Waals surface area (Å²) in [5.74, 6) is 0.326. The van der Waals surface area contributed by atoms with E-state index in [0.29, 0.717) is 29.7 Å². The van der Waals surface area contributed by atoms with Gasteiger partial charge in [0, 0.05) is 11.1 Å². The van der Waals surface area contributed by atoms with Crippen LogP contribution in [0.3, 0.4) is 0 Å². The van der Waals surface area contributed by atoms with E-state index >= 15 is 0 Å². The molecule has 1 aliphatic heterocycles. The van der Waals surface area contributed by atoms with Crippen molar-refractivity contribution in [3.05, 3.63) is 64.5 Å². The average molecular weight is 284 g/mol. The molecule has 0 saturated carbocycles. The lowest BCUT2D eigenvalue weighted by molar-refractivity contribution is 0.0931. The van der Waals surface area contributed by atoms with Crippen molar-refractivity contribution in [2.45, 2.75) is 26.2 Å². The highest BCUT2D eigenvalue weighted by atomic mass is 19.1. The third-order valence-corrected chi connectivity index (χ3v) is 4.02. The van der Waals surface area contributed by atoms with Gasteiger partial charge in [0.1, 0.15) is 11.6 Å². The van der Waals surface area contributed by atoms with Gasteiger partial charge in [-0.1, -0.05) is 18.2 Å². The Morgan fingerprint density at radius 1 is 1.19 bits per heavy atom. The van der Waals surface area contributed by atoms with Crippen molar-refractivity contribution in [3.63, 3.8) is 0 Å². The summed E-state index contributed by atoms with van der Waals surface area (Å²) in [7, 11) is 0. The number of hydrogen-bond donors (Lipinski definition) is 0. The molecule has 3 rings (SSSR count). The molecular formula is C18H17FO2. The number of Topliss-reactive ketones (excluding diaryl/α,β-unsaturated/α-hetero) is 1. The number of carbonyl (C=O) groups is 1. The van der Waals surface area contributed by atoms with Gasteiger partial charge in [-0.25, -0.2) is 4.39 Å². The Bertz CT molecular complexity index is 683. The van der Waals surface area contributed by atoms with Gasteiger partial charge in [0.2, 0.25) is 0 Å². The van der Waals surface area contributed by atoms with Gasteiger partial charge in [-0.15, -0.1) is 0 Å². The number of hydrogen-bond acceptors (Lipinski definition) is 2. The van der Waals surface area contributed by atoms with Crippen molar-refractivity contribution in [3.8, 4) is 5.75 Å². The number of ether oxygens (including phenoxy) is 1. The van der Waals surface area contributed by atoms with Crippen LogP contribution in [0.15, 0.2) is 36.4 Å². The molecule has 1 heterocycles. The van der Waals surface area contributed by atoms with Crippen molar-refractivity contribution in [1.29, 1.82) is 0 Å². The summed E-state index contributed by atoms with van der Waals surface area (Å²) in [5, 5.41) is 0. The van der Waals surface area contributed by atoms with Crippen molar-refractivity contribution in [2.75, 3.05) is 6.61 Å².